The molecule has 0 spiro atoms. The van der Waals surface area contributed by atoms with E-state index < -0.39 is 0 Å². The SMILES string of the molecule is CN(C)CCNc1cc(I)ccc1Cl. The lowest BCUT2D eigenvalue weighted by Gasteiger charge is -2.12. The summed E-state index contributed by atoms with van der Waals surface area (Å²) in [4.78, 5) is 2.13. The molecular weight excluding hydrogens is 310 g/mol. The van der Waals surface area contributed by atoms with Crippen LogP contribution in [0.3, 0.4) is 0 Å². The Morgan fingerprint density at radius 1 is 1.43 bits per heavy atom. The number of anilines is 1. The molecule has 0 saturated carbocycles. The lowest BCUT2D eigenvalue weighted by atomic mass is 10.3. The molecule has 78 valence electrons. The van der Waals surface area contributed by atoms with Crippen LogP contribution in [0, 0.1) is 3.57 Å². The minimum atomic E-state index is 0.782. The lowest BCUT2D eigenvalue weighted by Crippen LogP contribution is -2.20. The molecule has 0 aliphatic carbocycles. The monoisotopic (exact) mass is 324 g/mol. The summed E-state index contributed by atoms with van der Waals surface area (Å²) in [5.41, 5.74) is 1.01. The molecular formula is C10H14ClIN2. The molecule has 1 aromatic carbocycles. The van der Waals surface area contributed by atoms with E-state index in [9.17, 15) is 0 Å². The highest BCUT2D eigenvalue weighted by atomic mass is 127. The third kappa shape index (κ3) is 4.02. The number of hydrogen-bond acceptors (Lipinski definition) is 2. The molecule has 1 aromatic rings. The Bertz CT molecular complexity index is 302. The van der Waals surface area contributed by atoms with Gasteiger partial charge in [-0.05, 0) is 54.9 Å². The molecule has 4 heteroatoms. The first-order valence-electron chi connectivity index (χ1n) is 4.43. The fraction of sp³-hybridized carbons (Fsp3) is 0.400. The van der Waals surface area contributed by atoms with Gasteiger partial charge in [-0.25, -0.2) is 0 Å². The van der Waals surface area contributed by atoms with E-state index in [1.807, 2.05) is 12.1 Å². The van der Waals surface area contributed by atoms with Crippen LogP contribution in [0.5, 0.6) is 0 Å². The minimum Gasteiger partial charge on any atom is -0.383 e. The van der Waals surface area contributed by atoms with Crippen molar-refractivity contribution in [2.75, 3.05) is 32.5 Å². The van der Waals surface area contributed by atoms with E-state index in [-0.39, 0.29) is 0 Å². The summed E-state index contributed by atoms with van der Waals surface area (Å²) in [7, 11) is 4.11. The van der Waals surface area contributed by atoms with Gasteiger partial charge in [-0.1, -0.05) is 11.6 Å². The van der Waals surface area contributed by atoms with Crippen LogP contribution in [0.2, 0.25) is 5.02 Å². The Morgan fingerprint density at radius 3 is 2.79 bits per heavy atom. The second kappa shape index (κ2) is 5.78. The maximum absolute atomic E-state index is 6.03. The molecule has 0 aliphatic rings. The summed E-state index contributed by atoms with van der Waals surface area (Å²) in [6, 6.07) is 5.97. The van der Waals surface area contributed by atoms with Crippen molar-refractivity contribution in [1.29, 1.82) is 0 Å². The van der Waals surface area contributed by atoms with Crippen LogP contribution in [-0.2, 0) is 0 Å². The zero-order valence-corrected chi connectivity index (χ0v) is 11.3. The molecule has 1 N–H and O–H groups in total. The van der Waals surface area contributed by atoms with Gasteiger partial charge in [0.15, 0.2) is 0 Å². The van der Waals surface area contributed by atoms with Gasteiger partial charge in [0.2, 0.25) is 0 Å². The van der Waals surface area contributed by atoms with E-state index in [0.29, 0.717) is 0 Å². The largest absolute Gasteiger partial charge is 0.383 e. The first-order valence-corrected chi connectivity index (χ1v) is 5.89. The van der Waals surface area contributed by atoms with Gasteiger partial charge >= 0.3 is 0 Å². The van der Waals surface area contributed by atoms with Gasteiger partial charge in [0.1, 0.15) is 0 Å². The van der Waals surface area contributed by atoms with Crippen molar-refractivity contribution in [2.45, 2.75) is 0 Å². The Balaban J connectivity index is 2.53. The number of nitrogens with one attached hydrogen (secondary N) is 1. The van der Waals surface area contributed by atoms with E-state index in [1.165, 1.54) is 3.57 Å². The third-order valence-corrected chi connectivity index (χ3v) is 2.80. The van der Waals surface area contributed by atoms with Gasteiger partial charge in [0.05, 0.1) is 10.7 Å². The average molecular weight is 325 g/mol. The molecule has 0 aliphatic heterocycles. The molecule has 0 aromatic heterocycles. The molecule has 0 bridgehead atoms. The zero-order valence-electron chi connectivity index (χ0n) is 8.35. The summed E-state index contributed by atoms with van der Waals surface area (Å²) in [6.07, 6.45) is 0. The van der Waals surface area contributed by atoms with Crippen LogP contribution in [-0.4, -0.2) is 32.1 Å². The van der Waals surface area contributed by atoms with Crippen molar-refractivity contribution in [1.82, 2.24) is 4.90 Å². The number of likely N-dealkylation sites (N-methyl/N-ethyl adjacent to an activating group) is 1. The highest BCUT2D eigenvalue weighted by molar-refractivity contribution is 14.1. The fourth-order valence-electron chi connectivity index (χ4n) is 1.05. The summed E-state index contributed by atoms with van der Waals surface area (Å²) in [6.45, 7) is 1.91. The van der Waals surface area contributed by atoms with Gasteiger partial charge in [-0.2, -0.15) is 0 Å². The molecule has 0 unspecified atom stereocenters. The lowest BCUT2D eigenvalue weighted by molar-refractivity contribution is 0.425. The maximum Gasteiger partial charge on any atom is 0.0638 e. The van der Waals surface area contributed by atoms with Crippen molar-refractivity contribution >= 4 is 39.9 Å². The summed E-state index contributed by atoms with van der Waals surface area (Å²) < 4.78 is 1.19. The Hall–Kier alpha value is -0.0000000000000000555. The normalized spacial score (nSPS) is 10.6. The molecule has 0 atom stereocenters. The summed E-state index contributed by atoms with van der Waals surface area (Å²) in [5.74, 6) is 0. The molecule has 0 fully saturated rings. The summed E-state index contributed by atoms with van der Waals surface area (Å²) >= 11 is 8.31. The van der Waals surface area contributed by atoms with Crippen molar-refractivity contribution in [3.8, 4) is 0 Å². The summed E-state index contributed by atoms with van der Waals surface area (Å²) in [5, 5.41) is 4.09. The number of nitrogens with zero attached hydrogens (tertiary/aromatic N) is 1. The number of benzene rings is 1. The maximum atomic E-state index is 6.03. The van der Waals surface area contributed by atoms with Gasteiger partial charge < -0.3 is 10.2 Å². The minimum absolute atomic E-state index is 0.782. The topological polar surface area (TPSA) is 15.3 Å². The third-order valence-electron chi connectivity index (χ3n) is 1.80. The molecule has 0 saturated heterocycles. The van der Waals surface area contributed by atoms with Gasteiger partial charge in [0.25, 0.3) is 0 Å². The quantitative estimate of drug-likeness (QED) is 0.857. The second-order valence-electron chi connectivity index (χ2n) is 3.35. The van der Waals surface area contributed by atoms with Crippen LogP contribution in [0.25, 0.3) is 0 Å². The van der Waals surface area contributed by atoms with Crippen LogP contribution >= 0.6 is 34.2 Å². The number of rotatable bonds is 4. The number of halogens is 2. The van der Waals surface area contributed by atoms with E-state index in [2.05, 4.69) is 53.0 Å². The molecule has 2 nitrogen and oxygen atoms in total. The smallest absolute Gasteiger partial charge is 0.0638 e. The van der Waals surface area contributed by atoms with Crippen molar-refractivity contribution in [3.05, 3.63) is 26.8 Å². The van der Waals surface area contributed by atoms with E-state index in [0.717, 1.165) is 23.8 Å². The molecule has 14 heavy (non-hydrogen) atoms. The standard InChI is InChI=1S/C10H14ClIN2/c1-14(2)6-5-13-10-7-8(12)3-4-9(10)11/h3-4,7,13H,5-6H2,1-2H3. The number of hydrogen-bond donors (Lipinski definition) is 1. The van der Waals surface area contributed by atoms with Crippen molar-refractivity contribution < 1.29 is 0 Å². The fourth-order valence-corrected chi connectivity index (χ4v) is 1.72. The predicted molar refractivity (Wildman–Crippen MR) is 71.2 cm³/mol. The van der Waals surface area contributed by atoms with Crippen LogP contribution in [0.4, 0.5) is 5.69 Å². The van der Waals surface area contributed by atoms with Crippen LogP contribution in [0.1, 0.15) is 0 Å². The molecule has 0 heterocycles. The van der Waals surface area contributed by atoms with Gasteiger partial charge in [-0.15, -0.1) is 0 Å². The average Bonchev–Trinajstić information content (AvgIpc) is 2.10. The van der Waals surface area contributed by atoms with E-state index >= 15 is 0 Å². The molecule has 0 amide bonds. The van der Waals surface area contributed by atoms with Gasteiger partial charge in [0, 0.05) is 16.7 Å². The highest BCUT2D eigenvalue weighted by Gasteiger charge is 1.99. The van der Waals surface area contributed by atoms with Crippen LogP contribution < -0.4 is 5.32 Å². The van der Waals surface area contributed by atoms with E-state index in [4.69, 9.17) is 11.6 Å². The van der Waals surface area contributed by atoms with Crippen molar-refractivity contribution in [3.63, 3.8) is 0 Å². The second-order valence-corrected chi connectivity index (χ2v) is 5.01. The van der Waals surface area contributed by atoms with E-state index in [1.54, 1.807) is 0 Å². The predicted octanol–water partition coefficient (Wildman–Crippen LogP) is 2.92. The molecule has 1 rings (SSSR count). The molecule has 0 radical (unpaired) electrons. The first kappa shape index (κ1) is 12.1. The first-order chi connectivity index (χ1) is 6.59. The van der Waals surface area contributed by atoms with Gasteiger partial charge in [-0.3, -0.25) is 0 Å². The Kier molecular flexibility index (Phi) is 4.98. The Labute approximate surface area is 104 Å². The highest BCUT2D eigenvalue weighted by Crippen LogP contribution is 2.23. The zero-order chi connectivity index (χ0) is 10.6. The van der Waals surface area contributed by atoms with Crippen molar-refractivity contribution in [2.24, 2.45) is 0 Å². The van der Waals surface area contributed by atoms with Crippen LogP contribution in [0.15, 0.2) is 18.2 Å². The Morgan fingerprint density at radius 2 is 2.14 bits per heavy atom.